The van der Waals surface area contributed by atoms with Crippen molar-refractivity contribution in [2.45, 2.75) is 77.6 Å². The Balaban J connectivity index is 1.83. The van der Waals surface area contributed by atoms with Crippen LogP contribution in [-0.2, 0) is 14.3 Å². The van der Waals surface area contributed by atoms with E-state index < -0.39 is 0 Å². The zero-order valence-electron chi connectivity index (χ0n) is 13.7. The van der Waals surface area contributed by atoms with E-state index in [2.05, 4.69) is 33.8 Å². The molecule has 2 fully saturated rings. The van der Waals surface area contributed by atoms with Crippen molar-refractivity contribution < 1.29 is 14.3 Å². The van der Waals surface area contributed by atoms with E-state index in [4.69, 9.17) is 9.47 Å². The highest BCUT2D eigenvalue weighted by Crippen LogP contribution is 2.51. The third-order valence-corrected chi connectivity index (χ3v) is 5.46. The number of esters is 1. The van der Waals surface area contributed by atoms with Gasteiger partial charge in [0.05, 0.1) is 11.5 Å². The molecule has 0 radical (unpaired) electrons. The summed E-state index contributed by atoms with van der Waals surface area (Å²) >= 11 is 0. The minimum atomic E-state index is -0.0793. The van der Waals surface area contributed by atoms with Crippen LogP contribution in [0, 0.1) is 17.8 Å². The summed E-state index contributed by atoms with van der Waals surface area (Å²) in [5.41, 5.74) is 1.36. The first-order valence-corrected chi connectivity index (χ1v) is 8.44. The van der Waals surface area contributed by atoms with E-state index in [0.717, 1.165) is 32.1 Å². The number of epoxide rings is 1. The van der Waals surface area contributed by atoms with Gasteiger partial charge in [-0.15, -0.1) is 0 Å². The Morgan fingerprint density at radius 3 is 2.90 bits per heavy atom. The fourth-order valence-corrected chi connectivity index (χ4v) is 4.12. The van der Waals surface area contributed by atoms with E-state index in [1.54, 1.807) is 0 Å². The molecule has 1 aliphatic carbocycles. The van der Waals surface area contributed by atoms with Crippen molar-refractivity contribution in [2.24, 2.45) is 17.8 Å². The Morgan fingerprint density at radius 1 is 1.43 bits per heavy atom. The molecule has 0 aromatic rings. The number of rotatable bonds is 2. The molecule has 0 aromatic heterocycles. The average Bonchev–Trinajstić information content (AvgIpc) is 2.97. The van der Waals surface area contributed by atoms with Gasteiger partial charge in [-0.2, -0.15) is 0 Å². The topological polar surface area (TPSA) is 38.8 Å². The van der Waals surface area contributed by atoms with Crippen molar-refractivity contribution >= 4 is 5.97 Å². The molecule has 118 valence electrons. The molecule has 21 heavy (non-hydrogen) atoms. The predicted octanol–water partition coefficient (Wildman–Crippen LogP) is 3.87. The number of carbonyl (C=O) groups excluding carboxylic acids is 1. The molecule has 2 aliphatic heterocycles. The van der Waals surface area contributed by atoms with Crippen LogP contribution >= 0.6 is 0 Å². The van der Waals surface area contributed by atoms with Gasteiger partial charge in [-0.1, -0.05) is 25.5 Å². The first kappa shape index (κ1) is 15.1. The van der Waals surface area contributed by atoms with Gasteiger partial charge in [0.1, 0.15) is 12.2 Å². The van der Waals surface area contributed by atoms with Crippen molar-refractivity contribution in [3.8, 4) is 0 Å². The molecule has 3 heteroatoms. The Hall–Kier alpha value is -0.830. The second-order valence-electron chi connectivity index (χ2n) is 7.78. The van der Waals surface area contributed by atoms with E-state index in [-0.39, 0.29) is 29.7 Å². The van der Waals surface area contributed by atoms with Gasteiger partial charge in [0.2, 0.25) is 0 Å². The summed E-state index contributed by atoms with van der Waals surface area (Å²) in [5.74, 6) is 0.932. The maximum Gasteiger partial charge on any atom is 0.309 e. The van der Waals surface area contributed by atoms with Crippen LogP contribution in [-0.4, -0.2) is 23.8 Å². The number of ether oxygens (including phenoxy) is 2. The predicted molar refractivity (Wildman–Crippen MR) is 81.8 cm³/mol. The van der Waals surface area contributed by atoms with Crippen molar-refractivity contribution in [3.63, 3.8) is 0 Å². The minimum Gasteiger partial charge on any atom is -0.459 e. The lowest BCUT2D eigenvalue weighted by molar-refractivity contribution is -0.145. The second kappa shape index (κ2) is 5.42. The van der Waals surface area contributed by atoms with Gasteiger partial charge in [-0.05, 0) is 51.9 Å². The SMILES string of the molecule is CC1=CCC[C@@]2(C)O[C@H]2[C@H]2OC(=O)[C@@H](CC(C)C)[C@@H]2CC1. The Bertz CT molecular complexity index is 453. The monoisotopic (exact) mass is 292 g/mol. The Kier molecular flexibility index (Phi) is 3.89. The summed E-state index contributed by atoms with van der Waals surface area (Å²) in [5, 5.41) is 0. The summed E-state index contributed by atoms with van der Waals surface area (Å²) < 4.78 is 11.8. The van der Waals surface area contributed by atoms with Crippen LogP contribution in [0.1, 0.15) is 59.8 Å². The molecule has 0 spiro atoms. The minimum absolute atomic E-state index is 0.0115. The number of hydrogen-bond donors (Lipinski definition) is 0. The smallest absolute Gasteiger partial charge is 0.309 e. The normalized spacial score (nSPS) is 42.9. The van der Waals surface area contributed by atoms with E-state index >= 15 is 0 Å². The molecular weight excluding hydrogens is 264 g/mol. The van der Waals surface area contributed by atoms with Crippen LogP contribution in [0.3, 0.4) is 0 Å². The molecule has 3 aliphatic rings. The quantitative estimate of drug-likeness (QED) is 0.440. The van der Waals surface area contributed by atoms with Crippen molar-refractivity contribution in [2.75, 3.05) is 0 Å². The first-order valence-electron chi connectivity index (χ1n) is 8.44. The maximum absolute atomic E-state index is 12.3. The summed E-state index contributed by atoms with van der Waals surface area (Å²) in [6.07, 6.45) is 7.62. The molecule has 0 amide bonds. The Morgan fingerprint density at radius 2 is 2.19 bits per heavy atom. The van der Waals surface area contributed by atoms with E-state index in [0.29, 0.717) is 11.8 Å². The van der Waals surface area contributed by atoms with Crippen molar-refractivity contribution in [1.29, 1.82) is 0 Å². The van der Waals surface area contributed by atoms with Gasteiger partial charge in [-0.25, -0.2) is 0 Å². The van der Waals surface area contributed by atoms with Crippen LogP contribution in [0.25, 0.3) is 0 Å². The number of hydrogen-bond acceptors (Lipinski definition) is 3. The summed E-state index contributed by atoms with van der Waals surface area (Å²) in [6, 6.07) is 0. The molecule has 0 unspecified atom stereocenters. The standard InChI is InChI=1S/C18H28O3/c1-11(2)10-14-13-8-7-12(3)6-5-9-18(4)16(21-18)15(13)20-17(14)19/h6,11,13-16H,5,7-10H2,1-4H3/t13-,14-,15-,16-,18+/m0/s1. The largest absolute Gasteiger partial charge is 0.459 e. The molecule has 3 nitrogen and oxygen atoms in total. The zero-order chi connectivity index (χ0) is 15.2. The summed E-state index contributed by atoms with van der Waals surface area (Å²) in [7, 11) is 0. The third-order valence-electron chi connectivity index (χ3n) is 5.46. The molecular formula is C18H28O3. The molecule has 0 aromatic carbocycles. The highest BCUT2D eigenvalue weighted by atomic mass is 16.6. The molecule has 2 heterocycles. The molecule has 0 bridgehead atoms. The zero-order valence-corrected chi connectivity index (χ0v) is 13.7. The number of carbonyl (C=O) groups is 1. The number of allylic oxidation sites excluding steroid dienone is 2. The fraction of sp³-hybridized carbons (Fsp3) is 0.833. The Labute approximate surface area is 128 Å². The van der Waals surface area contributed by atoms with E-state index in [1.165, 1.54) is 5.57 Å². The van der Waals surface area contributed by atoms with Gasteiger partial charge in [0.25, 0.3) is 0 Å². The van der Waals surface area contributed by atoms with Gasteiger partial charge in [0, 0.05) is 5.92 Å². The van der Waals surface area contributed by atoms with Crippen LogP contribution in [0.2, 0.25) is 0 Å². The lowest BCUT2D eigenvalue weighted by Crippen LogP contribution is -2.30. The highest BCUT2D eigenvalue weighted by Gasteiger charge is 2.62. The van der Waals surface area contributed by atoms with Gasteiger partial charge in [0.15, 0.2) is 0 Å². The van der Waals surface area contributed by atoms with Gasteiger partial charge >= 0.3 is 5.97 Å². The summed E-state index contributed by atoms with van der Waals surface area (Å²) in [6.45, 7) is 8.75. The maximum atomic E-state index is 12.3. The molecule has 2 saturated heterocycles. The van der Waals surface area contributed by atoms with Crippen LogP contribution < -0.4 is 0 Å². The van der Waals surface area contributed by atoms with E-state index in [9.17, 15) is 4.79 Å². The lowest BCUT2D eigenvalue weighted by Gasteiger charge is -2.23. The molecule has 0 saturated carbocycles. The summed E-state index contributed by atoms with van der Waals surface area (Å²) in [4.78, 5) is 12.3. The lowest BCUT2D eigenvalue weighted by atomic mass is 9.78. The van der Waals surface area contributed by atoms with Crippen LogP contribution in [0.5, 0.6) is 0 Å². The number of fused-ring (bicyclic) bond motifs is 3. The second-order valence-corrected chi connectivity index (χ2v) is 7.78. The van der Waals surface area contributed by atoms with Gasteiger partial charge < -0.3 is 9.47 Å². The third kappa shape index (κ3) is 2.90. The molecule has 5 atom stereocenters. The average molecular weight is 292 g/mol. The molecule has 3 rings (SSSR count). The van der Waals surface area contributed by atoms with Crippen molar-refractivity contribution in [1.82, 2.24) is 0 Å². The first-order chi connectivity index (χ1) is 9.90. The highest BCUT2D eigenvalue weighted by molar-refractivity contribution is 5.75. The fourth-order valence-electron chi connectivity index (χ4n) is 4.12. The van der Waals surface area contributed by atoms with Gasteiger partial charge in [-0.3, -0.25) is 4.79 Å². The van der Waals surface area contributed by atoms with Crippen LogP contribution in [0.15, 0.2) is 11.6 Å². The molecule has 0 N–H and O–H groups in total. The van der Waals surface area contributed by atoms with Crippen molar-refractivity contribution in [3.05, 3.63) is 11.6 Å². The van der Waals surface area contributed by atoms with E-state index in [1.807, 2.05) is 0 Å². The van der Waals surface area contributed by atoms with Crippen LogP contribution in [0.4, 0.5) is 0 Å².